The fourth-order valence-electron chi connectivity index (χ4n) is 1.83. The number of nitrogens with zero attached hydrogens (tertiary/aromatic N) is 1. The minimum absolute atomic E-state index is 0.116. The predicted molar refractivity (Wildman–Crippen MR) is 79.1 cm³/mol. The third kappa shape index (κ3) is 3.58. The van der Waals surface area contributed by atoms with E-state index in [1.807, 2.05) is 0 Å². The van der Waals surface area contributed by atoms with Gasteiger partial charge in [0.2, 0.25) is 5.75 Å². The Morgan fingerprint density at radius 3 is 2.52 bits per heavy atom. The number of hydrogen-bond acceptors (Lipinski definition) is 4. The predicted octanol–water partition coefficient (Wildman–Crippen LogP) is 3.82. The van der Waals surface area contributed by atoms with Gasteiger partial charge < -0.3 is 4.74 Å². The lowest BCUT2D eigenvalue weighted by Crippen LogP contribution is -2.12. The number of carbonyl (C=O) groups excluding carboxylic acids is 1. The van der Waals surface area contributed by atoms with E-state index in [2.05, 4.69) is 0 Å². The van der Waals surface area contributed by atoms with Crippen LogP contribution in [0.15, 0.2) is 42.5 Å². The van der Waals surface area contributed by atoms with Gasteiger partial charge in [0, 0.05) is 16.7 Å². The summed E-state index contributed by atoms with van der Waals surface area (Å²) in [4.78, 5) is 22.4. The summed E-state index contributed by atoms with van der Waals surface area (Å²) in [6.07, 6.45) is 0. The van der Waals surface area contributed by atoms with Crippen molar-refractivity contribution in [2.45, 2.75) is 6.92 Å². The third-order valence-electron chi connectivity index (χ3n) is 2.90. The SMILES string of the molecule is Cc1cccc([N+](=O)[O-])c1OCC(=O)c1ccc(Cl)cc1. The fraction of sp³-hybridized carbons (Fsp3) is 0.133. The van der Waals surface area contributed by atoms with Crippen molar-refractivity contribution in [2.75, 3.05) is 6.61 Å². The number of Topliss-reactive ketones (excluding diaryl/α,β-unsaturated/α-hetero) is 1. The first-order chi connectivity index (χ1) is 9.99. The highest BCUT2D eigenvalue weighted by Gasteiger charge is 2.18. The van der Waals surface area contributed by atoms with Crippen LogP contribution in [-0.2, 0) is 0 Å². The Hall–Kier alpha value is -2.40. The molecule has 0 aromatic heterocycles. The molecular weight excluding hydrogens is 294 g/mol. The van der Waals surface area contributed by atoms with Crippen molar-refractivity contribution in [1.29, 1.82) is 0 Å². The van der Waals surface area contributed by atoms with E-state index in [0.29, 0.717) is 16.1 Å². The van der Waals surface area contributed by atoms with E-state index in [9.17, 15) is 14.9 Å². The van der Waals surface area contributed by atoms with Gasteiger partial charge in [-0.2, -0.15) is 0 Å². The number of ketones is 1. The summed E-state index contributed by atoms with van der Waals surface area (Å²) in [5.74, 6) is -0.158. The van der Waals surface area contributed by atoms with Crippen molar-refractivity contribution in [3.63, 3.8) is 0 Å². The Bertz CT molecular complexity index is 683. The summed E-state index contributed by atoms with van der Waals surface area (Å²) in [5.41, 5.74) is 0.891. The van der Waals surface area contributed by atoms with Crippen molar-refractivity contribution < 1.29 is 14.5 Å². The Labute approximate surface area is 126 Å². The van der Waals surface area contributed by atoms with E-state index >= 15 is 0 Å². The van der Waals surface area contributed by atoms with Crippen LogP contribution in [0.3, 0.4) is 0 Å². The van der Waals surface area contributed by atoms with Crippen LogP contribution in [-0.4, -0.2) is 17.3 Å². The molecule has 2 aromatic carbocycles. The number of ether oxygens (including phenoxy) is 1. The molecule has 0 aliphatic carbocycles. The van der Waals surface area contributed by atoms with Crippen LogP contribution in [0.4, 0.5) is 5.69 Å². The molecule has 0 unspecified atom stereocenters. The van der Waals surface area contributed by atoms with E-state index in [1.54, 1.807) is 43.3 Å². The van der Waals surface area contributed by atoms with Gasteiger partial charge in [-0.3, -0.25) is 14.9 Å². The summed E-state index contributed by atoms with van der Waals surface area (Å²) >= 11 is 5.75. The van der Waals surface area contributed by atoms with Crippen LogP contribution in [0.2, 0.25) is 5.02 Å². The number of hydrogen-bond donors (Lipinski definition) is 0. The molecule has 0 heterocycles. The number of para-hydroxylation sites is 1. The maximum atomic E-state index is 12.0. The monoisotopic (exact) mass is 305 g/mol. The molecule has 0 radical (unpaired) electrons. The molecule has 21 heavy (non-hydrogen) atoms. The van der Waals surface area contributed by atoms with Gasteiger partial charge in [0.25, 0.3) is 0 Å². The average molecular weight is 306 g/mol. The molecule has 108 valence electrons. The van der Waals surface area contributed by atoms with Crippen molar-refractivity contribution in [3.05, 3.63) is 68.7 Å². The molecule has 5 nitrogen and oxygen atoms in total. The minimum Gasteiger partial charge on any atom is -0.478 e. The summed E-state index contributed by atoms with van der Waals surface area (Å²) < 4.78 is 5.35. The molecule has 0 saturated heterocycles. The highest BCUT2D eigenvalue weighted by atomic mass is 35.5. The second kappa shape index (κ2) is 6.37. The molecule has 0 amide bonds. The lowest BCUT2D eigenvalue weighted by molar-refractivity contribution is -0.385. The molecule has 0 saturated carbocycles. The quantitative estimate of drug-likeness (QED) is 0.478. The normalized spacial score (nSPS) is 10.2. The van der Waals surface area contributed by atoms with Gasteiger partial charge in [-0.25, -0.2) is 0 Å². The number of rotatable bonds is 5. The highest BCUT2D eigenvalue weighted by molar-refractivity contribution is 6.30. The van der Waals surface area contributed by atoms with Crippen molar-refractivity contribution in [1.82, 2.24) is 0 Å². The smallest absolute Gasteiger partial charge is 0.311 e. The van der Waals surface area contributed by atoms with Gasteiger partial charge in [0.1, 0.15) is 0 Å². The van der Waals surface area contributed by atoms with Crippen LogP contribution in [0.1, 0.15) is 15.9 Å². The Morgan fingerprint density at radius 1 is 1.24 bits per heavy atom. The van der Waals surface area contributed by atoms with E-state index in [4.69, 9.17) is 16.3 Å². The molecule has 0 aliphatic rings. The van der Waals surface area contributed by atoms with Crippen molar-refractivity contribution >= 4 is 23.1 Å². The zero-order valence-electron chi connectivity index (χ0n) is 11.2. The van der Waals surface area contributed by atoms with Crippen molar-refractivity contribution in [2.24, 2.45) is 0 Å². The number of halogens is 1. The molecule has 0 spiro atoms. The lowest BCUT2D eigenvalue weighted by Gasteiger charge is -2.08. The lowest BCUT2D eigenvalue weighted by atomic mass is 10.1. The highest BCUT2D eigenvalue weighted by Crippen LogP contribution is 2.30. The number of benzene rings is 2. The molecule has 2 aromatic rings. The first-order valence-electron chi connectivity index (χ1n) is 6.14. The van der Waals surface area contributed by atoms with Crippen LogP contribution < -0.4 is 4.74 Å². The van der Waals surface area contributed by atoms with Gasteiger partial charge in [-0.15, -0.1) is 0 Å². The Balaban J connectivity index is 2.15. The molecule has 0 fully saturated rings. The minimum atomic E-state index is -0.533. The number of nitro groups is 1. The molecule has 2 rings (SSSR count). The fourth-order valence-corrected chi connectivity index (χ4v) is 1.95. The third-order valence-corrected chi connectivity index (χ3v) is 3.15. The topological polar surface area (TPSA) is 69.4 Å². The zero-order valence-corrected chi connectivity index (χ0v) is 12.0. The van der Waals surface area contributed by atoms with Crippen LogP contribution in [0, 0.1) is 17.0 Å². The van der Waals surface area contributed by atoms with Gasteiger partial charge in [0.05, 0.1) is 4.92 Å². The Morgan fingerprint density at radius 2 is 1.90 bits per heavy atom. The van der Waals surface area contributed by atoms with E-state index in [0.717, 1.165) is 0 Å². The summed E-state index contributed by atoms with van der Waals surface area (Å²) in [5, 5.41) is 11.5. The molecule has 6 heteroatoms. The summed E-state index contributed by atoms with van der Waals surface area (Å²) in [6.45, 7) is 1.42. The molecule has 0 bridgehead atoms. The first-order valence-corrected chi connectivity index (χ1v) is 6.52. The second-order valence-electron chi connectivity index (χ2n) is 4.40. The number of nitro benzene ring substituents is 1. The van der Waals surface area contributed by atoms with Crippen LogP contribution in [0.25, 0.3) is 0 Å². The standard InChI is InChI=1S/C15H12ClNO4/c1-10-3-2-4-13(17(19)20)15(10)21-9-14(18)11-5-7-12(16)8-6-11/h2-8H,9H2,1H3. The number of carbonyl (C=O) groups is 1. The summed E-state index contributed by atoms with van der Waals surface area (Å²) in [6, 6.07) is 11.0. The second-order valence-corrected chi connectivity index (χ2v) is 4.84. The summed E-state index contributed by atoms with van der Waals surface area (Å²) in [7, 11) is 0. The molecule has 0 atom stereocenters. The first kappa shape index (κ1) is 15.0. The molecule has 0 N–H and O–H groups in total. The van der Waals surface area contributed by atoms with E-state index in [1.165, 1.54) is 6.07 Å². The van der Waals surface area contributed by atoms with Crippen LogP contribution >= 0.6 is 11.6 Å². The maximum Gasteiger partial charge on any atom is 0.311 e. The van der Waals surface area contributed by atoms with Gasteiger partial charge in [-0.05, 0) is 36.8 Å². The van der Waals surface area contributed by atoms with Crippen molar-refractivity contribution in [3.8, 4) is 5.75 Å². The number of aryl methyl sites for hydroxylation is 1. The van der Waals surface area contributed by atoms with Gasteiger partial charge in [-0.1, -0.05) is 23.7 Å². The zero-order chi connectivity index (χ0) is 15.4. The Kier molecular flexibility index (Phi) is 4.55. The maximum absolute atomic E-state index is 12.0. The van der Waals surface area contributed by atoms with Crippen LogP contribution in [0.5, 0.6) is 5.75 Å². The van der Waals surface area contributed by atoms with Gasteiger partial charge in [0.15, 0.2) is 12.4 Å². The van der Waals surface area contributed by atoms with E-state index in [-0.39, 0.29) is 23.8 Å². The van der Waals surface area contributed by atoms with Gasteiger partial charge >= 0.3 is 5.69 Å². The largest absolute Gasteiger partial charge is 0.478 e. The average Bonchev–Trinajstić information content (AvgIpc) is 2.46. The molecule has 0 aliphatic heterocycles. The molecular formula is C15H12ClNO4. The van der Waals surface area contributed by atoms with E-state index < -0.39 is 4.92 Å².